The molecule has 0 aliphatic rings. The Morgan fingerprint density at radius 1 is 0.435 bits per heavy atom. The lowest BCUT2D eigenvalue weighted by Crippen LogP contribution is -2.20. The fourth-order valence-electron chi connectivity index (χ4n) is 3.16. The number of Topliss-reactive ketones (excluding diaryl/α,β-unsaturated/α-hetero) is 1. The molecule has 1 rings (SSSR count). The third-order valence-corrected chi connectivity index (χ3v) is 5.48. The Balaban J connectivity index is 1.67. The summed E-state index contributed by atoms with van der Waals surface area (Å²) < 4.78 is 63.0. The number of hydrogen-bond acceptors (Lipinski definition) is 15. The van der Waals surface area contributed by atoms with Crippen molar-refractivity contribution in [1.82, 2.24) is 0 Å². The molecule has 46 heavy (non-hydrogen) atoms. The predicted octanol–water partition coefficient (Wildman–Crippen LogP) is 0.752. The number of ether oxygens (including phenoxy) is 12. The maximum atomic E-state index is 11.9. The minimum Gasteiger partial charge on any atom is -0.467 e. The van der Waals surface area contributed by atoms with E-state index in [1.165, 1.54) is 7.11 Å². The van der Waals surface area contributed by atoms with Gasteiger partial charge in [-0.15, -0.1) is 0 Å². The second-order valence-electron chi connectivity index (χ2n) is 8.97. The van der Waals surface area contributed by atoms with Crippen LogP contribution in [0.1, 0.15) is 10.4 Å². The van der Waals surface area contributed by atoms with E-state index in [1.54, 1.807) is 30.3 Å². The Hall–Kier alpha value is -2.57. The molecule has 264 valence electrons. The molecule has 0 spiro atoms. The van der Waals surface area contributed by atoms with Gasteiger partial charge in [-0.3, -0.25) is 4.79 Å². The molecule has 0 aliphatic carbocycles. The van der Waals surface area contributed by atoms with E-state index >= 15 is 0 Å². The van der Waals surface area contributed by atoms with E-state index in [0.29, 0.717) is 124 Å². The van der Waals surface area contributed by atoms with Gasteiger partial charge in [0.25, 0.3) is 5.78 Å². The highest BCUT2D eigenvalue weighted by Crippen LogP contribution is 2.01. The minimum absolute atomic E-state index is 0.00723. The number of rotatable bonds is 34. The van der Waals surface area contributed by atoms with E-state index in [2.05, 4.69) is 4.74 Å². The van der Waals surface area contributed by atoms with Crippen molar-refractivity contribution in [3.63, 3.8) is 0 Å². The van der Waals surface area contributed by atoms with Crippen molar-refractivity contribution in [2.75, 3.05) is 146 Å². The molecule has 15 nitrogen and oxygen atoms in total. The van der Waals surface area contributed by atoms with Crippen LogP contribution in [0.2, 0.25) is 0 Å². The van der Waals surface area contributed by atoms with Gasteiger partial charge in [0.2, 0.25) is 0 Å². The maximum absolute atomic E-state index is 11.9. The van der Waals surface area contributed by atoms with Gasteiger partial charge < -0.3 is 56.8 Å². The first-order chi connectivity index (χ1) is 22.6. The van der Waals surface area contributed by atoms with Crippen LogP contribution in [-0.4, -0.2) is 164 Å². The first-order valence-electron chi connectivity index (χ1n) is 15.3. The summed E-state index contributed by atoms with van der Waals surface area (Å²) in [7, 11) is 1.31. The summed E-state index contributed by atoms with van der Waals surface area (Å²) in [6.07, 6.45) is 0. The van der Waals surface area contributed by atoms with E-state index < -0.39 is 17.7 Å². The van der Waals surface area contributed by atoms with Crippen LogP contribution < -0.4 is 0 Å². The molecule has 0 saturated heterocycles. The second kappa shape index (κ2) is 32.4. The van der Waals surface area contributed by atoms with Gasteiger partial charge in [-0.25, -0.2) is 9.59 Å². The number of carbonyl (C=O) groups is 3. The van der Waals surface area contributed by atoms with Gasteiger partial charge in [-0.2, -0.15) is 0 Å². The number of hydrogen-bond donors (Lipinski definition) is 0. The smallest absolute Gasteiger partial charge is 0.379 e. The van der Waals surface area contributed by atoms with E-state index in [0.717, 1.165) is 0 Å². The molecular weight excluding hydrogens is 612 g/mol. The molecule has 1 aromatic rings. The lowest BCUT2D eigenvalue weighted by molar-refractivity contribution is -0.146. The van der Waals surface area contributed by atoms with Gasteiger partial charge in [0, 0.05) is 5.56 Å². The molecule has 0 heterocycles. The first kappa shape index (κ1) is 41.5. The zero-order chi connectivity index (χ0) is 33.2. The Labute approximate surface area is 270 Å². The number of ketones is 1. The second-order valence-corrected chi connectivity index (χ2v) is 8.97. The average molecular weight is 663 g/mol. The summed E-state index contributed by atoms with van der Waals surface area (Å²) in [6, 6.07) is 8.24. The topological polar surface area (TPSA) is 162 Å². The van der Waals surface area contributed by atoms with Gasteiger partial charge in [-0.05, 0) is 0 Å². The van der Waals surface area contributed by atoms with Crippen LogP contribution in [0.3, 0.4) is 0 Å². The van der Waals surface area contributed by atoms with E-state index in [4.69, 9.17) is 52.1 Å². The quantitative estimate of drug-likeness (QED) is 0.0440. The summed E-state index contributed by atoms with van der Waals surface area (Å²) in [5.41, 5.74) is 0.292. The molecule has 0 N–H and O–H groups in total. The van der Waals surface area contributed by atoms with Crippen LogP contribution in [-0.2, 0) is 66.4 Å². The molecule has 0 aromatic heterocycles. The summed E-state index contributed by atoms with van der Waals surface area (Å²) in [5.74, 6) is -2.00. The summed E-state index contributed by atoms with van der Waals surface area (Å²) in [4.78, 5) is 34.4. The van der Waals surface area contributed by atoms with Crippen molar-refractivity contribution in [3.8, 4) is 0 Å². The third-order valence-electron chi connectivity index (χ3n) is 5.48. The zero-order valence-corrected chi connectivity index (χ0v) is 26.9. The van der Waals surface area contributed by atoms with Crippen molar-refractivity contribution < 1.29 is 71.2 Å². The number of methoxy groups -OCH3 is 1. The SMILES string of the molecule is COC(=O)COCCOCCOCCOCCOCCOCCOCCOCCOCCOCCOC(=O)C(=O)c1ccccc1. The Morgan fingerprint density at radius 3 is 1.07 bits per heavy atom. The van der Waals surface area contributed by atoms with Crippen LogP contribution in [0.5, 0.6) is 0 Å². The normalized spacial score (nSPS) is 11.1. The van der Waals surface area contributed by atoms with Crippen molar-refractivity contribution in [2.24, 2.45) is 0 Å². The van der Waals surface area contributed by atoms with E-state index in [-0.39, 0.29) is 19.8 Å². The van der Waals surface area contributed by atoms with Crippen LogP contribution >= 0.6 is 0 Å². The van der Waals surface area contributed by atoms with Gasteiger partial charge in [0.05, 0.1) is 133 Å². The number of carbonyl (C=O) groups excluding carboxylic acids is 3. The molecule has 0 fully saturated rings. The van der Waals surface area contributed by atoms with Gasteiger partial charge in [-0.1, -0.05) is 30.3 Å². The highest BCUT2D eigenvalue weighted by Gasteiger charge is 2.17. The molecule has 0 bridgehead atoms. The van der Waals surface area contributed by atoms with Crippen molar-refractivity contribution in [3.05, 3.63) is 35.9 Å². The Morgan fingerprint density at radius 2 is 0.739 bits per heavy atom. The first-order valence-corrected chi connectivity index (χ1v) is 15.3. The summed E-state index contributed by atoms with van der Waals surface area (Å²) >= 11 is 0. The van der Waals surface area contributed by atoms with Crippen LogP contribution in [0.25, 0.3) is 0 Å². The third kappa shape index (κ3) is 26.6. The Kier molecular flexibility index (Phi) is 29.2. The van der Waals surface area contributed by atoms with Crippen molar-refractivity contribution >= 4 is 17.7 Å². The van der Waals surface area contributed by atoms with Gasteiger partial charge >= 0.3 is 11.9 Å². The van der Waals surface area contributed by atoms with Crippen LogP contribution in [0.4, 0.5) is 0 Å². The zero-order valence-electron chi connectivity index (χ0n) is 26.9. The molecule has 0 radical (unpaired) electrons. The predicted molar refractivity (Wildman–Crippen MR) is 162 cm³/mol. The largest absolute Gasteiger partial charge is 0.467 e. The lowest BCUT2D eigenvalue weighted by Gasteiger charge is -2.09. The van der Waals surface area contributed by atoms with Gasteiger partial charge in [0.15, 0.2) is 0 Å². The van der Waals surface area contributed by atoms with Gasteiger partial charge in [0.1, 0.15) is 13.2 Å². The van der Waals surface area contributed by atoms with E-state index in [9.17, 15) is 14.4 Å². The number of esters is 2. The average Bonchev–Trinajstić information content (AvgIpc) is 3.08. The molecule has 0 amide bonds. The fourth-order valence-corrected chi connectivity index (χ4v) is 3.16. The maximum Gasteiger partial charge on any atom is 0.379 e. The fraction of sp³-hybridized carbons (Fsp3) is 0.710. The van der Waals surface area contributed by atoms with E-state index in [1.807, 2.05) is 0 Å². The monoisotopic (exact) mass is 662 g/mol. The molecule has 1 aromatic carbocycles. The van der Waals surface area contributed by atoms with Crippen LogP contribution in [0.15, 0.2) is 30.3 Å². The molecule has 0 atom stereocenters. The number of benzene rings is 1. The minimum atomic E-state index is -0.901. The summed E-state index contributed by atoms with van der Waals surface area (Å²) in [6.45, 7) is 7.86. The van der Waals surface area contributed by atoms with Crippen molar-refractivity contribution in [2.45, 2.75) is 0 Å². The standard InChI is InChI=1S/C31H50O15/c1-35-29(32)27-45-24-23-43-20-19-41-16-15-39-12-11-37-8-7-36-9-10-38-13-14-40-17-18-42-21-22-44-25-26-46-31(34)30(33)28-5-3-2-4-6-28/h2-6H,7-27H2,1H3. The molecule has 0 unspecified atom stereocenters. The van der Waals surface area contributed by atoms with Crippen LogP contribution in [0, 0.1) is 0 Å². The highest BCUT2D eigenvalue weighted by atomic mass is 16.6. The highest BCUT2D eigenvalue weighted by molar-refractivity contribution is 6.40. The molecule has 0 aliphatic heterocycles. The molecule has 0 saturated carbocycles. The molecular formula is C31H50O15. The summed E-state index contributed by atoms with van der Waals surface area (Å²) in [5, 5.41) is 0. The van der Waals surface area contributed by atoms with Crippen molar-refractivity contribution in [1.29, 1.82) is 0 Å². The lowest BCUT2D eigenvalue weighted by atomic mass is 10.1. The molecule has 15 heteroatoms. The Bertz CT molecular complexity index is 856.